The van der Waals surface area contributed by atoms with E-state index in [4.69, 9.17) is 9.47 Å². The van der Waals surface area contributed by atoms with Crippen molar-refractivity contribution in [2.45, 2.75) is 0 Å². The number of para-hydroxylation sites is 1. The largest absolute Gasteiger partial charge is 0.493 e. The van der Waals surface area contributed by atoms with E-state index in [1.54, 1.807) is 42.5 Å². The molecule has 9 heteroatoms. The summed E-state index contributed by atoms with van der Waals surface area (Å²) in [5.74, 6) is -0.805. The van der Waals surface area contributed by atoms with Crippen molar-refractivity contribution in [3.05, 3.63) is 64.1 Å². The Bertz CT molecular complexity index is 1060. The number of fused-ring (bicyclic) bond motifs is 1. The van der Waals surface area contributed by atoms with Crippen molar-refractivity contribution < 1.29 is 28.7 Å². The molecule has 1 fully saturated rings. The quantitative estimate of drug-likeness (QED) is 0.597. The zero-order valence-corrected chi connectivity index (χ0v) is 15.9. The lowest BCUT2D eigenvalue weighted by Crippen LogP contribution is -2.33. The second-order valence-electron chi connectivity index (χ2n) is 6.09. The van der Waals surface area contributed by atoms with Crippen LogP contribution in [0.2, 0.25) is 0 Å². The summed E-state index contributed by atoms with van der Waals surface area (Å²) in [5, 5.41) is 1.72. The second-order valence-corrected chi connectivity index (χ2v) is 7.10. The predicted octanol–water partition coefficient (Wildman–Crippen LogP) is 2.65. The third-order valence-corrected chi connectivity index (χ3v) is 5.18. The van der Waals surface area contributed by atoms with E-state index in [9.17, 15) is 19.2 Å². The van der Waals surface area contributed by atoms with Gasteiger partial charge in [-0.15, -0.1) is 0 Å². The van der Waals surface area contributed by atoms with Gasteiger partial charge in [-0.25, -0.2) is 4.90 Å². The van der Waals surface area contributed by atoms with Crippen LogP contribution in [0.3, 0.4) is 0 Å². The Kier molecular flexibility index (Phi) is 4.81. The molecule has 4 amide bonds. The molecular weight excluding hydrogens is 396 g/mol. The summed E-state index contributed by atoms with van der Waals surface area (Å²) in [6, 6.07) is 11.5. The van der Waals surface area contributed by atoms with E-state index < -0.39 is 23.0 Å². The maximum atomic E-state index is 12.5. The lowest BCUT2D eigenvalue weighted by molar-refractivity contribution is -0.115. The minimum atomic E-state index is -0.505. The summed E-state index contributed by atoms with van der Waals surface area (Å²) in [5.41, 5.74) is 1.11. The first-order valence-electron chi connectivity index (χ1n) is 8.49. The third kappa shape index (κ3) is 3.36. The maximum Gasteiger partial charge on any atom is 0.290 e. The third-order valence-electron chi connectivity index (χ3n) is 4.37. The Morgan fingerprint density at radius 2 is 1.69 bits per heavy atom. The van der Waals surface area contributed by atoms with E-state index in [0.29, 0.717) is 22.4 Å². The Labute approximate surface area is 169 Å². The van der Waals surface area contributed by atoms with Gasteiger partial charge in [0.25, 0.3) is 23.0 Å². The van der Waals surface area contributed by atoms with Gasteiger partial charge in [0, 0.05) is 5.56 Å². The Morgan fingerprint density at radius 1 is 1.00 bits per heavy atom. The van der Waals surface area contributed by atoms with Gasteiger partial charge in [0.1, 0.15) is 0 Å². The summed E-state index contributed by atoms with van der Waals surface area (Å²) >= 11 is 0.773. The monoisotopic (exact) mass is 410 g/mol. The number of amides is 4. The summed E-state index contributed by atoms with van der Waals surface area (Å²) in [6.45, 7) is -0.332. The Balaban J connectivity index is 1.62. The average molecular weight is 410 g/mol. The predicted molar refractivity (Wildman–Crippen MR) is 105 cm³/mol. The Morgan fingerprint density at radius 3 is 2.28 bits per heavy atom. The zero-order valence-electron chi connectivity index (χ0n) is 15.1. The van der Waals surface area contributed by atoms with Gasteiger partial charge in [0.15, 0.2) is 18.2 Å². The van der Waals surface area contributed by atoms with Crippen LogP contribution in [0.1, 0.15) is 26.3 Å². The fourth-order valence-electron chi connectivity index (χ4n) is 3.01. The van der Waals surface area contributed by atoms with Crippen LogP contribution in [0.5, 0.6) is 11.5 Å². The van der Waals surface area contributed by atoms with Crippen LogP contribution in [-0.2, 0) is 4.79 Å². The SMILES string of the molecule is COc1cccc(/C=C2\SC(=O)NC2=O)c1OCN1C(=O)c2ccccc2C1=O. The number of imide groups is 2. The number of methoxy groups -OCH3 is 1. The van der Waals surface area contributed by atoms with E-state index in [1.165, 1.54) is 13.2 Å². The van der Waals surface area contributed by atoms with Gasteiger partial charge in [0.2, 0.25) is 0 Å². The first kappa shape index (κ1) is 18.8. The van der Waals surface area contributed by atoms with Gasteiger partial charge < -0.3 is 9.47 Å². The number of carbonyl (C=O) groups is 4. The maximum absolute atomic E-state index is 12.5. The van der Waals surface area contributed by atoms with Gasteiger partial charge in [0.05, 0.1) is 23.1 Å². The molecule has 4 rings (SSSR count). The average Bonchev–Trinajstić information content (AvgIpc) is 3.16. The van der Waals surface area contributed by atoms with Crippen molar-refractivity contribution in [3.8, 4) is 11.5 Å². The molecule has 2 aliphatic rings. The standard InChI is InChI=1S/C20H14N2O6S/c1-27-14-8-4-5-11(9-15-17(23)21-20(26)29-15)16(14)28-10-22-18(24)12-6-2-3-7-13(12)19(22)25/h2-9H,10H2,1H3,(H,21,23,26)/b15-9-. The number of nitrogens with one attached hydrogen (secondary N) is 1. The van der Waals surface area contributed by atoms with E-state index in [1.807, 2.05) is 0 Å². The molecule has 2 aromatic carbocycles. The number of carbonyl (C=O) groups excluding carboxylic acids is 4. The highest BCUT2D eigenvalue weighted by molar-refractivity contribution is 8.18. The second kappa shape index (κ2) is 7.44. The van der Waals surface area contributed by atoms with Crippen molar-refractivity contribution >= 4 is 40.8 Å². The van der Waals surface area contributed by atoms with Gasteiger partial charge >= 0.3 is 0 Å². The molecule has 2 heterocycles. The van der Waals surface area contributed by atoms with Crippen LogP contribution < -0.4 is 14.8 Å². The normalized spacial score (nSPS) is 17.0. The van der Waals surface area contributed by atoms with E-state index in [0.717, 1.165) is 16.7 Å². The molecule has 29 heavy (non-hydrogen) atoms. The fourth-order valence-corrected chi connectivity index (χ4v) is 3.68. The first-order valence-corrected chi connectivity index (χ1v) is 9.31. The first-order chi connectivity index (χ1) is 14.0. The molecule has 1 N–H and O–H groups in total. The van der Waals surface area contributed by atoms with Crippen molar-refractivity contribution in [2.24, 2.45) is 0 Å². The van der Waals surface area contributed by atoms with E-state index in [-0.39, 0.29) is 17.4 Å². The number of hydrogen-bond donors (Lipinski definition) is 1. The molecule has 1 saturated heterocycles. The molecule has 8 nitrogen and oxygen atoms in total. The van der Waals surface area contributed by atoms with Crippen LogP contribution in [0.25, 0.3) is 6.08 Å². The molecule has 0 bridgehead atoms. The molecule has 0 unspecified atom stereocenters. The molecule has 146 valence electrons. The minimum Gasteiger partial charge on any atom is -0.493 e. The summed E-state index contributed by atoms with van der Waals surface area (Å²) in [7, 11) is 1.45. The van der Waals surface area contributed by atoms with Crippen LogP contribution in [0.4, 0.5) is 4.79 Å². The number of ether oxygens (including phenoxy) is 2. The highest BCUT2D eigenvalue weighted by atomic mass is 32.2. The molecule has 0 spiro atoms. The highest BCUT2D eigenvalue weighted by Gasteiger charge is 2.35. The fraction of sp³-hybridized carbons (Fsp3) is 0.100. The van der Waals surface area contributed by atoms with Gasteiger partial charge in [-0.2, -0.15) is 0 Å². The summed E-state index contributed by atoms with van der Waals surface area (Å²) in [4.78, 5) is 49.5. The summed E-state index contributed by atoms with van der Waals surface area (Å²) in [6.07, 6.45) is 1.49. The van der Waals surface area contributed by atoms with Crippen LogP contribution >= 0.6 is 11.8 Å². The van der Waals surface area contributed by atoms with E-state index >= 15 is 0 Å². The Hall–Kier alpha value is -3.59. The molecule has 2 aliphatic heterocycles. The van der Waals surface area contributed by atoms with Crippen LogP contribution in [-0.4, -0.2) is 41.7 Å². The van der Waals surface area contributed by atoms with Gasteiger partial charge in [-0.1, -0.05) is 24.3 Å². The molecule has 0 aliphatic carbocycles. The summed E-state index contributed by atoms with van der Waals surface area (Å²) < 4.78 is 11.1. The smallest absolute Gasteiger partial charge is 0.290 e. The van der Waals surface area contributed by atoms with Crippen molar-refractivity contribution in [1.82, 2.24) is 10.2 Å². The van der Waals surface area contributed by atoms with Crippen LogP contribution in [0.15, 0.2) is 47.4 Å². The molecule has 0 saturated carbocycles. The van der Waals surface area contributed by atoms with Gasteiger partial charge in [-0.05, 0) is 36.0 Å². The topological polar surface area (TPSA) is 102 Å². The van der Waals surface area contributed by atoms with Crippen LogP contribution in [0, 0.1) is 0 Å². The zero-order chi connectivity index (χ0) is 20.5. The molecule has 0 atom stereocenters. The number of rotatable bonds is 5. The van der Waals surface area contributed by atoms with E-state index in [2.05, 4.69) is 5.32 Å². The van der Waals surface area contributed by atoms with Crippen molar-refractivity contribution in [2.75, 3.05) is 13.8 Å². The molecule has 2 aromatic rings. The minimum absolute atomic E-state index is 0.203. The lowest BCUT2D eigenvalue weighted by Gasteiger charge is -2.18. The highest BCUT2D eigenvalue weighted by Crippen LogP contribution is 2.35. The number of hydrogen-bond acceptors (Lipinski definition) is 7. The molecule has 0 radical (unpaired) electrons. The number of benzene rings is 2. The molecule has 0 aromatic heterocycles. The molecular formula is C20H14N2O6S. The number of thioether (sulfide) groups is 1. The lowest BCUT2D eigenvalue weighted by atomic mass is 10.1. The van der Waals surface area contributed by atoms with Crippen molar-refractivity contribution in [3.63, 3.8) is 0 Å². The van der Waals surface area contributed by atoms with Gasteiger partial charge in [-0.3, -0.25) is 24.5 Å². The van der Waals surface area contributed by atoms with Crippen molar-refractivity contribution in [1.29, 1.82) is 0 Å². The number of nitrogens with zero attached hydrogens (tertiary/aromatic N) is 1.